The van der Waals surface area contributed by atoms with Crippen molar-refractivity contribution in [2.45, 2.75) is 0 Å². The first-order chi connectivity index (χ1) is 10.2. The number of fused-ring (bicyclic) bond motifs is 1. The van der Waals surface area contributed by atoms with Crippen molar-refractivity contribution in [2.75, 3.05) is 11.1 Å². The zero-order valence-electron chi connectivity index (χ0n) is 11.1. The molecular weight excluding hydrogens is 326 g/mol. The second-order valence-electron chi connectivity index (χ2n) is 4.75. The van der Waals surface area contributed by atoms with Crippen LogP contribution in [0.4, 0.5) is 17.1 Å². The summed E-state index contributed by atoms with van der Waals surface area (Å²) in [5, 5.41) is 14.5. The van der Waals surface area contributed by atoms with E-state index in [-0.39, 0.29) is 0 Å². The Morgan fingerprint density at radius 3 is 2.33 bits per heavy atom. The van der Waals surface area contributed by atoms with E-state index in [0.717, 1.165) is 21.2 Å². The molecule has 0 unspecified atom stereocenters. The van der Waals surface area contributed by atoms with Gasteiger partial charge in [0.25, 0.3) is 0 Å². The fourth-order valence-corrected chi connectivity index (χ4v) is 2.58. The largest absolute Gasteiger partial charge is 0.398 e. The van der Waals surface area contributed by atoms with Crippen LogP contribution in [0, 0.1) is 11.3 Å². The van der Waals surface area contributed by atoms with Crippen molar-refractivity contribution >= 4 is 43.8 Å². The van der Waals surface area contributed by atoms with Gasteiger partial charge in [0.1, 0.15) is 6.07 Å². The first-order valence-electron chi connectivity index (χ1n) is 6.42. The molecule has 0 fully saturated rings. The predicted molar refractivity (Wildman–Crippen MR) is 90.5 cm³/mol. The van der Waals surface area contributed by atoms with Gasteiger partial charge in [0.15, 0.2) is 0 Å². The summed E-state index contributed by atoms with van der Waals surface area (Å²) >= 11 is 3.47. The van der Waals surface area contributed by atoms with Crippen LogP contribution in [-0.2, 0) is 0 Å². The van der Waals surface area contributed by atoms with Crippen LogP contribution < -0.4 is 11.1 Å². The third-order valence-corrected chi connectivity index (χ3v) is 3.76. The Morgan fingerprint density at radius 1 is 0.905 bits per heavy atom. The average Bonchev–Trinajstić information content (AvgIpc) is 2.48. The van der Waals surface area contributed by atoms with Gasteiger partial charge in [-0.1, -0.05) is 28.1 Å². The van der Waals surface area contributed by atoms with Gasteiger partial charge >= 0.3 is 0 Å². The molecule has 0 amide bonds. The van der Waals surface area contributed by atoms with Gasteiger partial charge in [-0.2, -0.15) is 5.26 Å². The number of benzene rings is 3. The van der Waals surface area contributed by atoms with Crippen molar-refractivity contribution in [3.63, 3.8) is 0 Å². The molecule has 3 nitrogen and oxygen atoms in total. The molecule has 102 valence electrons. The molecule has 0 aliphatic carbocycles. The number of nitrogens with one attached hydrogen (secondary N) is 1. The molecule has 0 spiro atoms. The van der Waals surface area contributed by atoms with Gasteiger partial charge in [-0.05, 0) is 53.2 Å². The minimum Gasteiger partial charge on any atom is -0.398 e. The summed E-state index contributed by atoms with van der Waals surface area (Å²) in [7, 11) is 0. The number of nitriles is 1. The Balaban J connectivity index is 1.93. The fourth-order valence-electron chi connectivity index (χ4n) is 2.20. The van der Waals surface area contributed by atoms with Crippen LogP contribution in [0.1, 0.15) is 5.56 Å². The van der Waals surface area contributed by atoms with Gasteiger partial charge in [-0.15, -0.1) is 0 Å². The first-order valence-corrected chi connectivity index (χ1v) is 7.21. The van der Waals surface area contributed by atoms with Crippen molar-refractivity contribution in [3.8, 4) is 6.07 Å². The summed E-state index contributed by atoms with van der Waals surface area (Å²) in [6.45, 7) is 0. The Labute approximate surface area is 131 Å². The van der Waals surface area contributed by atoms with Crippen LogP contribution >= 0.6 is 15.9 Å². The van der Waals surface area contributed by atoms with Crippen LogP contribution in [-0.4, -0.2) is 0 Å². The molecule has 0 aliphatic rings. The van der Waals surface area contributed by atoms with Crippen LogP contribution in [0.25, 0.3) is 10.8 Å². The maximum absolute atomic E-state index is 8.89. The summed E-state index contributed by atoms with van der Waals surface area (Å²) in [6.07, 6.45) is 0. The van der Waals surface area contributed by atoms with Crippen LogP contribution in [0.15, 0.2) is 59.1 Å². The number of hydrogen-bond acceptors (Lipinski definition) is 3. The summed E-state index contributed by atoms with van der Waals surface area (Å²) in [5.74, 6) is 0. The second kappa shape index (κ2) is 5.47. The highest BCUT2D eigenvalue weighted by atomic mass is 79.9. The van der Waals surface area contributed by atoms with Gasteiger partial charge in [0.2, 0.25) is 0 Å². The van der Waals surface area contributed by atoms with Gasteiger partial charge in [-0.3, -0.25) is 0 Å². The first kappa shape index (κ1) is 13.5. The Morgan fingerprint density at radius 2 is 1.57 bits per heavy atom. The third-order valence-electron chi connectivity index (χ3n) is 3.26. The summed E-state index contributed by atoms with van der Waals surface area (Å²) in [6, 6.07) is 19.7. The number of nitrogen functional groups attached to an aromatic ring is 1. The van der Waals surface area contributed by atoms with E-state index in [2.05, 4.69) is 51.6 Å². The molecule has 3 rings (SSSR count). The Kier molecular flexibility index (Phi) is 3.51. The Bertz CT molecular complexity index is 866. The SMILES string of the molecule is N#Cc1ccc(Nc2ccc3cc(Br)ccc3c2)cc1N. The topological polar surface area (TPSA) is 61.8 Å². The van der Waals surface area contributed by atoms with Crippen molar-refractivity contribution < 1.29 is 0 Å². The summed E-state index contributed by atoms with van der Waals surface area (Å²) < 4.78 is 1.07. The monoisotopic (exact) mass is 337 g/mol. The molecular formula is C17H12BrN3. The van der Waals surface area contributed by atoms with E-state index in [1.54, 1.807) is 12.1 Å². The molecule has 0 aromatic heterocycles. The number of nitrogens with two attached hydrogens (primary N) is 1. The van der Waals surface area contributed by atoms with Crippen molar-refractivity contribution in [1.82, 2.24) is 0 Å². The standard InChI is InChI=1S/C17H12BrN3/c18-14-4-1-12-8-15(5-2-11(12)7-14)21-16-6-3-13(10-19)17(20)9-16/h1-9,21H,20H2. The highest BCUT2D eigenvalue weighted by Crippen LogP contribution is 2.26. The van der Waals surface area contributed by atoms with Crippen LogP contribution in [0.3, 0.4) is 0 Å². The molecule has 21 heavy (non-hydrogen) atoms. The molecule has 3 N–H and O–H groups in total. The molecule has 3 aromatic rings. The maximum Gasteiger partial charge on any atom is 0.101 e. The number of nitrogens with zero attached hydrogens (tertiary/aromatic N) is 1. The molecule has 0 heterocycles. The predicted octanol–water partition coefficient (Wildman–Crippen LogP) is 4.80. The smallest absolute Gasteiger partial charge is 0.101 e. The Hall–Kier alpha value is -2.51. The second-order valence-corrected chi connectivity index (χ2v) is 5.66. The van der Waals surface area contributed by atoms with Gasteiger partial charge in [0, 0.05) is 15.8 Å². The summed E-state index contributed by atoms with van der Waals surface area (Å²) in [5.41, 5.74) is 8.64. The molecule has 0 aliphatic heterocycles. The van der Waals surface area contributed by atoms with Gasteiger partial charge < -0.3 is 11.1 Å². The van der Waals surface area contributed by atoms with E-state index >= 15 is 0 Å². The molecule has 0 radical (unpaired) electrons. The lowest BCUT2D eigenvalue weighted by Crippen LogP contribution is -1.94. The quantitative estimate of drug-likeness (QED) is 0.660. The third kappa shape index (κ3) is 2.83. The lowest BCUT2D eigenvalue weighted by molar-refractivity contribution is 1.47. The number of anilines is 3. The highest BCUT2D eigenvalue weighted by Gasteiger charge is 2.02. The van der Waals surface area contributed by atoms with E-state index in [9.17, 15) is 0 Å². The maximum atomic E-state index is 8.89. The normalized spacial score (nSPS) is 10.3. The molecule has 0 atom stereocenters. The minimum atomic E-state index is 0.479. The van der Waals surface area contributed by atoms with Crippen LogP contribution in [0.5, 0.6) is 0 Å². The molecule has 0 saturated carbocycles. The molecule has 0 bridgehead atoms. The van der Waals surface area contributed by atoms with E-state index in [0.29, 0.717) is 11.3 Å². The number of hydrogen-bond donors (Lipinski definition) is 2. The molecule has 0 saturated heterocycles. The van der Waals surface area contributed by atoms with E-state index in [4.69, 9.17) is 11.0 Å². The minimum absolute atomic E-state index is 0.479. The fraction of sp³-hybridized carbons (Fsp3) is 0. The van der Waals surface area contributed by atoms with E-state index in [1.165, 1.54) is 5.39 Å². The van der Waals surface area contributed by atoms with E-state index < -0.39 is 0 Å². The number of halogens is 1. The number of rotatable bonds is 2. The molecule has 3 aromatic carbocycles. The molecule has 4 heteroatoms. The van der Waals surface area contributed by atoms with Crippen molar-refractivity contribution in [2.24, 2.45) is 0 Å². The highest BCUT2D eigenvalue weighted by molar-refractivity contribution is 9.10. The van der Waals surface area contributed by atoms with E-state index in [1.807, 2.05) is 18.2 Å². The van der Waals surface area contributed by atoms with Crippen LogP contribution in [0.2, 0.25) is 0 Å². The lowest BCUT2D eigenvalue weighted by Gasteiger charge is -2.09. The average molecular weight is 338 g/mol. The summed E-state index contributed by atoms with van der Waals surface area (Å²) in [4.78, 5) is 0. The van der Waals surface area contributed by atoms with Gasteiger partial charge in [-0.25, -0.2) is 0 Å². The lowest BCUT2D eigenvalue weighted by atomic mass is 10.1. The van der Waals surface area contributed by atoms with Gasteiger partial charge in [0.05, 0.1) is 11.3 Å². The van der Waals surface area contributed by atoms with Crippen molar-refractivity contribution in [1.29, 1.82) is 5.26 Å². The van der Waals surface area contributed by atoms with Crippen molar-refractivity contribution in [3.05, 3.63) is 64.6 Å². The zero-order chi connectivity index (χ0) is 14.8. The zero-order valence-corrected chi connectivity index (χ0v) is 12.7.